The molecule has 4 N–H and O–H groups in total. The molecule has 0 bridgehead atoms. The number of rotatable bonds is 5. The first-order chi connectivity index (χ1) is 15.5. The second kappa shape index (κ2) is 8.59. The maximum Gasteiger partial charge on any atom is 0.251 e. The van der Waals surface area contributed by atoms with Gasteiger partial charge in [-0.1, -0.05) is 17.4 Å². The predicted octanol–water partition coefficient (Wildman–Crippen LogP) is 3.26. The number of carbonyl (C=O) groups is 1. The number of aliphatic hydroxyl groups excluding tert-OH is 1. The number of aliphatic hydroxyl groups is 1. The summed E-state index contributed by atoms with van der Waals surface area (Å²) in [6.07, 6.45) is 3.44. The minimum Gasteiger partial charge on any atom is -0.394 e. The molecular weight excluding hydrogens is 431 g/mol. The van der Waals surface area contributed by atoms with Crippen LogP contribution in [-0.4, -0.2) is 46.3 Å². The third-order valence-corrected chi connectivity index (χ3v) is 6.82. The normalized spacial score (nSPS) is 16.0. The number of aromatic nitrogens is 2. The zero-order chi connectivity index (χ0) is 22.2. The third kappa shape index (κ3) is 3.88. The maximum absolute atomic E-state index is 14.7. The van der Waals surface area contributed by atoms with Crippen LogP contribution in [0.1, 0.15) is 34.8 Å². The van der Waals surface area contributed by atoms with Crippen molar-refractivity contribution < 1.29 is 19.0 Å². The van der Waals surface area contributed by atoms with Crippen LogP contribution in [0.4, 0.5) is 4.39 Å². The number of hydrogen-bond acceptors (Lipinski definition) is 6. The standard InChI is InChI=1S/C23H23FN4O3S/c24-17-9-13(18(25)12-29)1-3-16(17)19-11-28-20-4-2-14(10-21(20)32-23(28)27-19)22(30)26-15-5-7-31-8-6-15/h1-4,9-11,15,18,29H,5-8,12,25H2,(H,26,30). The third-order valence-electron chi connectivity index (χ3n) is 5.81. The fourth-order valence-electron chi connectivity index (χ4n) is 3.96. The lowest BCUT2D eigenvalue weighted by molar-refractivity contribution is 0.0696. The van der Waals surface area contributed by atoms with Crippen LogP contribution in [0.25, 0.3) is 26.4 Å². The topological polar surface area (TPSA) is 102 Å². The Labute approximate surface area is 187 Å². The van der Waals surface area contributed by atoms with Crippen molar-refractivity contribution in [2.45, 2.75) is 24.9 Å². The Bertz CT molecular complexity index is 1300. The van der Waals surface area contributed by atoms with E-state index in [1.54, 1.807) is 24.4 Å². The van der Waals surface area contributed by atoms with Gasteiger partial charge >= 0.3 is 0 Å². The molecule has 32 heavy (non-hydrogen) atoms. The first kappa shape index (κ1) is 21.0. The Morgan fingerprint density at radius 1 is 1.31 bits per heavy atom. The fraction of sp³-hybridized carbons (Fsp3) is 0.304. The van der Waals surface area contributed by atoms with E-state index in [0.717, 1.165) is 23.1 Å². The molecule has 1 aliphatic heterocycles. The lowest BCUT2D eigenvalue weighted by Crippen LogP contribution is -2.38. The van der Waals surface area contributed by atoms with Gasteiger partial charge in [-0.15, -0.1) is 0 Å². The molecule has 1 aliphatic rings. The van der Waals surface area contributed by atoms with Crippen molar-refractivity contribution in [3.05, 3.63) is 59.5 Å². The Morgan fingerprint density at radius 2 is 2.12 bits per heavy atom. The highest BCUT2D eigenvalue weighted by Gasteiger charge is 2.19. The lowest BCUT2D eigenvalue weighted by Gasteiger charge is -2.23. The molecule has 1 saturated heterocycles. The van der Waals surface area contributed by atoms with Crippen LogP contribution in [0.15, 0.2) is 42.6 Å². The quantitative estimate of drug-likeness (QED) is 0.430. The number of ether oxygens (including phenoxy) is 1. The average molecular weight is 455 g/mol. The van der Waals surface area contributed by atoms with Gasteiger partial charge in [-0.2, -0.15) is 0 Å². The van der Waals surface area contributed by atoms with Gasteiger partial charge in [0.05, 0.1) is 28.6 Å². The van der Waals surface area contributed by atoms with E-state index in [2.05, 4.69) is 10.3 Å². The van der Waals surface area contributed by atoms with Gasteiger partial charge < -0.3 is 20.9 Å². The van der Waals surface area contributed by atoms with Gasteiger partial charge in [0.15, 0.2) is 4.96 Å². The van der Waals surface area contributed by atoms with Crippen molar-refractivity contribution in [3.63, 3.8) is 0 Å². The maximum atomic E-state index is 14.7. The number of amides is 1. The summed E-state index contributed by atoms with van der Waals surface area (Å²) in [6.45, 7) is 1.10. The molecule has 1 unspecified atom stereocenters. The van der Waals surface area contributed by atoms with Gasteiger partial charge in [-0.05, 0) is 48.7 Å². The minimum atomic E-state index is -0.620. The number of carbonyl (C=O) groups excluding carboxylic acids is 1. The molecule has 9 heteroatoms. The van der Waals surface area contributed by atoms with Crippen LogP contribution < -0.4 is 11.1 Å². The summed E-state index contributed by atoms with van der Waals surface area (Å²) in [5.41, 5.74) is 8.71. The van der Waals surface area contributed by atoms with Crippen molar-refractivity contribution in [3.8, 4) is 11.3 Å². The summed E-state index contributed by atoms with van der Waals surface area (Å²) < 4.78 is 22.9. The number of benzene rings is 2. The number of hydrogen-bond donors (Lipinski definition) is 3. The summed E-state index contributed by atoms with van der Waals surface area (Å²) in [7, 11) is 0. The molecule has 3 heterocycles. The van der Waals surface area contributed by atoms with E-state index in [1.807, 2.05) is 16.5 Å². The van der Waals surface area contributed by atoms with Gasteiger partial charge in [0, 0.05) is 36.6 Å². The summed E-state index contributed by atoms with van der Waals surface area (Å²) in [4.78, 5) is 18.0. The van der Waals surface area contributed by atoms with Crippen molar-refractivity contribution in [2.75, 3.05) is 19.8 Å². The summed E-state index contributed by atoms with van der Waals surface area (Å²) >= 11 is 1.45. The molecule has 0 radical (unpaired) electrons. The highest BCUT2D eigenvalue weighted by Crippen LogP contribution is 2.31. The first-order valence-corrected chi connectivity index (χ1v) is 11.3. The predicted molar refractivity (Wildman–Crippen MR) is 121 cm³/mol. The number of nitrogens with zero attached hydrogens (tertiary/aromatic N) is 2. The minimum absolute atomic E-state index is 0.0891. The molecule has 7 nitrogen and oxygen atoms in total. The number of halogens is 1. The Morgan fingerprint density at radius 3 is 2.88 bits per heavy atom. The van der Waals surface area contributed by atoms with Crippen LogP contribution >= 0.6 is 11.3 Å². The van der Waals surface area contributed by atoms with E-state index in [4.69, 9.17) is 10.5 Å². The summed E-state index contributed by atoms with van der Waals surface area (Å²) in [6, 6.07) is 9.76. The molecule has 1 atom stereocenters. The van der Waals surface area contributed by atoms with Crippen LogP contribution in [0, 0.1) is 5.82 Å². The highest BCUT2D eigenvalue weighted by molar-refractivity contribution is 7.23. The monoisotopic (exact) mass is 454 g/mol. The molecule has 0 aliphatic carbocycles. The van der Waals surface area contributed by atoms with E-state index in [1.165, 1.54) is 17.4 Å². The van der Waals surface area contributed by atoms with Gasteiger partial charge in [0.2, 0.25) is 0 Å². The zero-order valence-electron chi connectivity index (χ0n) is 17.3. The molecule has 2 aromatic carbocycles. The second-order valence-electron chi connectivity index (χ2n) is 7.95. The molecule has 5 rings (SSSR count). The van der Waals surface area contributed by atoms with E-state index in [-0.39, 0.29) is 18.6 Å². The summed E-state index contributed by atoms with van der Waals surface area (Å²) in [5.74, 6) is -0.526. The number of thiazole rings is 1. The SMILES string of the molecule is NC(CO)c1ccc(-c2cn3c(n2)sc2cc(C(=O)NC4CCOCC4)ccc23)c(F)c1. The van der Waals surface area contributed by atoms with Gasteiger partial charge in [-0.3, -0.25) is 9.20 Å². The molecule has 1 amide bonds. The Kier molecular flexibility index (Phi) is 5.64. The largest absolute Gasteiger partial charge is 0.394 e. The molecule has 0 spiro atoms. The van der Waals surface area contributed by atoms with E-state index in [0.29, 0.717) is 40.6 Å². The van der Waals surface area contributed by atoms with E-state index < -0.39 is 11.9 Å². The average Bonchev–Trinajstić information content (AvgIpc) is 3.36. The van der Waals surface area contributed by atoms with E-state index >= 15 is 0 Å². The van der Waals surface area contributed by atoms with Gasteiger partial charge in [0.1, 0.15) is 5.82 Å². The lowest BCUT2D eigenvalue weighted by atomic mass is 10.0. The summed E-state index contributed by atoms with van der Waals surface area (Å²) in [5, 5.41) is 12.3. The number of nitrogens with two attached hydrogens (primary N) is 1. The smallest absolute Gasteiger partial charge is 0.251 e. The highest BCUT2D eigenvalue weighted by atomic mass is 32.1. The van der Waals surface area contributed by atoms with Gasteiger partial charge in [-0.25, -0.2) is 9.37 Å². The zero-order valence-corrected chi connectivity index (χ0v) is 18.1. The first-order valence-electron chi connectivity index (χ1n) is 10.5. The van der Waals surface area contributed by atoms with Gasteiger partial charge in [0.25, 0.3) is 5.91 Å². The van der Waals surface area contributed by atoms with Crippen molar-refractivity contribution in [2.24, 2.45) is 5.73 Å². The number of imidazole rings is 1. The van der Waals surface area contributed by atoms with Crippen LogP contribution in [0.3, 0.4) is 0 Å². The molecule has 0 saturated carbocycles. The molecule has 166 valence electrons. The molecule has 1 fully saturated rings. The number of fused-ring (bicyclic) bond motifs is 3. The van der Waals surface area contributed by atoms with Crippen LogP contribution in [0.2, 0.25) is 0 Å². The van der Waals surface area contributed by atoms with Crippen LogP contribution in [-0.2, 0) is 4.74 Å². The molecule has 2 aromatic heterocycles. The molecule has 4 aromatic rings. The van der Waals surface area contributed by atoms with Crippen molar-refractivity contribution in [1.29, 1.82) is 0 Å². The Hall–Kier alpha value is -2.85. The van der Waals surface area contributed by atoms with Crippen LogP contribution in [0.5, 0.6) is 0 Å². The van der Waals surface area contributed by atoms with Crippen molar-refractivity contribution >= 4 is 32.4 Å². The van der Waals surface area contributed by atoms with Crippen molar-refractivity contribution in [1.82, 2.24) is 14.7 Å². The Balaban J connectivity index is 1.42. The number of nitrogens with one attached hydrogen (secondary N) is 1. The molecular formula is C23H23FN4O3S. The fourth-order valence-corrected chi connectivity index (χ4v) is 5.00. The second-order valence-corrected chi connectivity index (χ2v) is 8.96. The van der Waals surface area contributed by atoms with E-state index in [9.17, 15) is 14.3 Å².